The molecule has 4 rings (SSSR count). The molecule has 1 aliphatic carbocycles. The molecule has 2 N–H and O–H groups in total. The molecule has 2 atom stereocenters. The van der Waals surface area contributed by atoms with Gasteiger partial charge in [-0.1, -0.05) is 31.4 Å². The van der Waals surface area contributed by atoms with Crippen molar-refractivity contribution in [1.82, 2.24) is 19.6 Å². The zero-order valence-electron chi connectivity index (χ0n) is 23.7. The summed E-state index contributed by atoms with van der Waals surface area (Å²) in [5.74, 6) is 3.02. The molecule has 39 heavy (non-hydrogen) atoms. The quantitative estimate of drug-likeness (QED) is 0.429. The number of aliphatic hydroxyl groups excluding tert-OH is 1. The first-order valence-corrected chi connectivity index (χ1v) is 15.7. The largest absolute Gasteiger partial charge is 0.491 e. The second kappa shape index (κ2) is 13.3. The average molecular weight is 561 g/mol. The fourth-order valence-corrected chi connectivity index (χ4v) is 6.80. The van der Waals surface area contributed by atoms with Crippen LogP contribution in [-0.4, -0.2) is 98.6 Å². The normalized spacial score (nSPS) is 20.1. The van der Waals surface area contributed by atoms with E-state index in [2.05, 4.69) is 22.2 Å². The molecule has 1 aromatic carbocycles. The van der Waals surface area contributed by atoms with E-state index in [0.717, 1.165) is 30.0 Å². The third kappa shape index (κ3) is 7.39. The Kier molecular flexibility index (Phi) is 10.0. The molecule has 216 valence electrons. The zero-order chi connectivity index (χ0) is 28.0. The van der Waals surface area contributed by atoms with Crippen LogP contribution in [0.4, 0.5) is 11.6 Å². The number of aliphatic hydroxyl groups is 1. The highest BCUT2D eigenvalue weighted by molar-refractivity contribution is 7.89. The second-order valence-electron chi connectivity index (χ2n) is 10.7. The molecule has 0 spiro atoms. The molecule has 1 saturated heterocycles. The fourth-order valence-electron chi connectivity index (χ4n) is 5.49. The van der Waals surface area contributed by atoms with Gasteiger partial charge in [-0.05, 0) is 45.9 Å². The van der Waals surface area contributed by atoms with Crippen molar-refractivity contribution in [2.45, 2.75) is 64.1 Å². The van der Waals surface area contributed by atoms with Gasteiger partial charge in [-0.15, -0.1) is 0 Å². The van der Waals surface area contributed by atoms with Crippen LogP contribution in [0.3, 0.4) is 0 Å². The Morgan fingerprint density at radius 3 is 2.64 bits per heavy atom. The summed E-state index contributed by atoms with van der Waals surface area (Å²) in [6.45, 7) is 5.85. The van der Waals surface area contributed by atoms with Crippen molar-refractivity contribution in [3.63, 3.8) is 0 Å². The standard InChI is InChI=1S/C28H44N6O4S/c1-5-39(36,37)34-15-14-33(19-21(34)2)27-17-26(32(4)23-11-7-6-8-12-23)30-28(31-27)22-10-9-13-25(16-22)38-20-24(35)18-29-3/h9-10,13,16-17,21,23-24,29,35H,5-8,11-12,14-15,18-20H2,1-4H3/t21-,24?/m0/s1. The van der Waals surface area contributed by atoms with E-state index in [9.17, 15) is 13.5 Å². The summed E-state index contributed by atoms with van der Waals surface area (Å²) in [6, 6.07) is 9.98. The Morgan fingerprint density at radius 1 is 1.18 bits per heavy atom. The van der Waals surface area contributed by atoms with E-state index in [-0.39, 0.29) is 18.4 Å². The summed E-state index contributed by atoms with van der Waals surface area (Å²) < 4.78 is 32.6. The van der Waals surface area contributed by atoms with Crippen LogP contribution in [0.5, 0.6) is 5.75 Å². The molecular formula is C28H44N6O4S. The number of anilines is 2. The van der Waals surface area contributed by atoms with Crippen LogP contribution in [0.2, 0.25) is 0 Å². The van der Waals surface area contributed by atoms with Gasteiger partial charge in [-0.2, -0.15) is 4.31 Å². The number of piperazine rings is 1. The van der Waals surface area contributed by atoms with Crippen LogP contribution < -0.4 is 19.9 Å². The maximum atomic E-state index is 12.6. The van der Waals surface area contributed by atoms with Crippen molar-refractivity contribution in [1.29, 1.82) is 0 Å². The summed E-state index contributed by atoms with van der Waals surface area (Å²) in [5.41, 5.74) is 0.830. The number of benzene rings is 1. The first kappa shape index (κ1) is 29.5. The number of nitrogens with one attached hydrogen (secondary N) is 1. The average Bonchev–Trinajstić information content (AvgIpc) is 2.96. The second-order valence-corrected chi connectivity index (χ2v) is 12.9. The molecule has 0 amide bonds. The zero-order valence-corrected chi connectivity index (χ0v) is 24.5. The number of hydrogen-bond acceptors (Lipinski definition) is 9. The van der Waals surface area contributed by atoms with Crippen LogP contribution in [0, 0.1) is 0 Å². The molecule has 1 unspecified atom stereocenters. The Labute approximate surface area is 233 Å². The van der Waals surface area contributed by atoms with Crippen molar-refractivity contribution in [2.75, 3.05) is 62.4 Å². The van der Waals surface area contributed by atoms with Gasteiger partial charge in [0.05, 0.1) is 5.75 Å². The minimum Gasteiger partial charge on any atom is -0.491 e. The SMILES string of the molecule is CCS(=O)(=O)N1CCN(c2cc(N(C)C3CCCCC3)nc(-c3cccc(OCC(O)CNC)c3)n2)C[C@@H]1C. The lowest BCUT2D eigenvalue weighted by molar-refractivity contribution is 0.108. The predicted octanol–water partition coefficient (Wildman–Crippen LogP) is 2.73. The van der Waals surface area contributed by atoms with Gasteiger partial charge >= 0.3 is 0 Å². The lowest BCUT2D eigenvalue weighted by atomic mass is 9.94. The van der Waals surface area contributed by atoms with Gasteiger partial charge in [0.15, 0.2) is 5.82 Å². The number of rotatable bonds is 11. The molecule has 2 fully saturated rings. The van der Waals surface area contributed by atoms with Crippen LogP contribution in [0.1, 0.15) is 46.0 Å². The number of ether oxygens (including phenoxy) is 1. The minimum absolute atomic E-state index is 0.107. The fraction of sp³-hybridized carbons (Fsp3) is 0.643. The molecule has 2 aromatic rings. The van der Waals surface area contributed by atoms with Crippen LogP contribution in [0.25, 0.3) is 11.4 Å². The van der Waals surface area contributed by atoms with Crippen molar-refractivity contribution < 1.29 is 18.3 Å². The van der Waals surface area contributed by atoms with E-state index in [1.807, 2.05) is 37.3 Å². The Balaban J connectivity index is 1.64. The number of aromatic nitrogens is 2. The van der Waals surface area contributed by atoms with Gasteiger partial charge in [-0.3, -0.25) is 0 Å². The molecule has 2 aliphatic rings. The lowest BCUT2D eigenvalue weighted by Crippen LogP contribution is -2.54. The maximum Gasteiger partial charge on any atom is 0.214 e. The molecule has 0 radical (unpaired) electrons. The molecule has 10 nitrogen and oxygen atoms in total. The highest BCUT2D eigenvalue weighted by Crippen LogP contribution is 2.31. The topological polar surface area (TPSA) is 111 Å². The predicted molar refractivity (Wildman–Crippen MR) is 156 cm³/mol. The van der Waals surface area contributed by atoms with Crippen molar-refractivity contribution in [3.8, 4) is 17.1 Å². The van der Waals surface area contributed by atoms with E-state index in [1.54, 1.807) is 18.3 Å². The van der Waals surface area contributed by atoms with E-state index in [4.69, 9.17) is 14.7 Å². The van der Waals surface area contributed by atoms with E-state index < -0.39 is 16.1 Å². The molecule has 1 aliphatic heterocycles. The van der Waals surface area contributed by atoms with Gasteiger partial charge in [0.25, 0.3) is 0 Å². The van der Waals surface area contributed by atoms with Crippen LogP contribution in [0.15, 0.2) is 30.3 Å². The molecule has 2 heterocycles. The number of sulfonamides is 1. The summed E-state index contributed by atoms with van der Waals surface area (Å²) in [6.07, 6.45) is 5.42. The third-order valence-electron chi connectivity index (χ3n) is 7.77. The monoisotopic (exact) mass is 560 g/mol. The van der Waals surface area contributed by atoms with E-state index >= 15 is 0 Å². The summed E-state index contributed by atoms with van der Waals surface area (Å²) in [5, 5.41) is 13.0. The highest BCUT2D eigenvalue weighted by Gasteiger charge is 2.32. The van der Waals surface area contributed by atoms with Crippen molar-refractivity contribution in [2.24, 2.45) is 0 Å². The van der Waals surface area contributed by atoms with Crippen LogP contribution >= 0.6 is 0 Å². The smallest absolute Gasteiger partial charge is 0.214 e. The van der Waals surface area contributed by atoms with Crippen molar-refractivity contribution in [3.05, 3.63) is 30.3 Å². The lowest BCUT2D eigenvalue weighted by Gasteiger charge is -2.40. The minimum atomic E-state index is -3.25. The number of likely N-dealkylation sites (N-methyl/N-ethyl adjacent to an activating group) is 1. The molecular weight excluding hydrogens is 516 g/mol. The molecule has 11 heteroatoms. The van der Waals surface area contributed by atoms with Gasteiger partial charge in [0.1, 0.15) is 30.1 Å². The van der Waals surface area contributed by atoms with E-state index in [0.29, 0.717) is 43.8 Å². The Bertz CT molecular complexity index is 1190. The summed E-state index contributed by atoms with van der Waals surface area (Å²) in [4.78, 5) is 14.4. The first-order chi connectivity index (χ1) is 18.7. The summed E-state index contributed by atoms with van der Waals surface area (Å²) in [7, 11) is 0.652. The Morgan fingerprint density at radius 2 is 1.95 bits per heavy atom. The molecule has 1 aromatic heterocycles. The number of hydrogen-bond donors (Lipinski definition) is 2. The van der Waals surface area contributed by atoms with Crippen LogP contribution in [-0.2, 0) is 10.0 Å². The number of nitrogens with zero attached hydrogens (tertiary/aromatic N) is 5. The van der Waals surface area contributed by atoms with Gasteiger partial charge in [0, 0.05) is 56.9 Å². The summed E-state index contributed by atoms with van der Waals surface area (Å²) >= 11 is 0. The van der Waals surface area contributed by atoms with E-state index in [1.165, 1.54) is 19.3 Å². The van der Waals surface area contributed by atoms with Gasteiger partial charge in [0.2, 0.25) is 10.0 Å². The molecule has 1 saturated carbocycles. The highest BCUT2D eigenvalue weighted by atomic mass is 32.2. The maximum absolute atomic E-state index is 12.6. The first-order valence-electron chi connectivity index (χ1n) is 14.1. The van der Waals surface area contributed by atoms with Gasteiger partial charge < -0.3 is 25.0 Å². The third-order valence-corrected chi connectivity index (χ3v) is 9.76. The Hall–Kier alpha value is -2.47. The molecule has 0 bridgehead atoms. The van der Waals surface area contributed by atoms with Crippen molar-refractivity contribution >= 4 is 21.7 Å². The van der Waals surface area contributed by atoms with Gasteiger partial charge in [-0.25, -0.2) is 18.4 Å².